The fourth-order valence-electron chi connectivity index (χ4n) is 4.25. The first-order chi connectivity index (χ1) is 20.4. The number of hydrogen-bond acceptors (Lipinski definition) is 9. The first kappa shape index (κ1) is 28.5. The summed E-state index contributed by atoms with van der Waals surface area (Å²) in [5, 5.41) is 6.02. The van der Waals surface area contributed by atoms with Crippen LogP contribution in [0.5, 0.6) is 11.5 Å². The Morgan fingerprint density at radius 2 is 1.64 bits per heavy atom. The molecule has 0 spiro atoms. The molecule has 0 radical (unpaired) electrons. The maximum absolute atomic E-state index is 12.7. The number of carbonyl (C=O) groups is 1. The van der Waals surface area contributed by atoms with Crippen LogP contribution in [0.4, 0.5) is 28.7 Å². The molecule has 1 atom stereocenters. The van der Waals surface area contributed by atoms with Gasteiger partial charge in [-0.15, -0.1) is 0 Å². The van der Waals surface area contributed by atoms with Crippen LogP contribution in [0.1, 0.15) is 12.0 Å². The summed E-state index contributed by atoms with van der Waals surface area (Å²) in [5.41, 5.74) is 3.23. The van der Waals surface area contributed by atoms with Crippen molar-refractivity contribution in [3.63, 3.8) is 0 Å². The Morgan fingerprint density at radius 1 is 0.905 bits per heavy atom. The molecular weight excluding hydrogens is 556 g/mol. The van der Waals surface area contributed by atoms with Crippen LogP contribution in [-0.2, 0) is 22.5 Å². The van der Waals surface area contributed by atoms with Crippen molar-refractivity contribution >= 4 is 56.9 Å². The van der Waals surface area contributed by atoms with Crippen molar-refractivity contribution in [3.8, 4) is 11.5 Å². The fourth-order valence-corrected chi connectivity index (χ4v) is 4.80. The Hall–Kier alpha value is -5.07. The minimum Gasteiger partial charge on any atom is -0.755 e. The van der Waals surface area contributed by atoms with Crippen LogP contribution >= 0.6 is 0 Å². The molecule has 3 aromatic carbocycles. The quantitative estimate of drug-likeness (QED) is 0.198. The molecule has 12 heteroatoms. The topological polar surface area (TPSA) is 142 Å². The molecule has 2 N–H and O–H groups in total. The molecule has 0 aliphatic carbocycles. The van der Waals surface area contributed by atoms with E-state index in [4.69, 9.17) is 9.47 Å². The number of amides is 1. The molecule has 5 rings (SSSR count). The van der Waals surface area contributed by atoms with Crippen molar-refractivity contribution < 1.29 is 23.0 Å². The zero-order valence-electron chi connectivity index (χ0n) is 22.8. The van der Waals surface area contributed by atoms with E-state index in [0.29, 0.717) is 40.3 Å². The number of hydrogen-bond donors (Lipinski definition) is 2. The second kappa shape index (κ2) is 13.1. The van der Waals surface area contributed by atoms with Crippen LogP contribution in [0.15, 0.2) is 91.3 Å². The van der Waals surface area contributed by atoms with Gasteiger partial charge in [-0.3, -0.25) is 18.3 Å². The monoisotopic (exact) mass is 583 g/mol. The lowest BCUT2D eigenvalue weighted by Gasteiger charge is -2.27. The third-order valence-electron chi connectivity index (χ3n) is 6.24. The number of nitrogens with one attached hydrogen (secondary N) is 2. The largest absolute Gasteiger partial charge is 0.755 e. The van der Waals surface area contributed by atoms with Crippen molar-refractivity contribution in [2.75, 3.05) is 29.2 Å². The highest BCUT2D eigenvalue weighted by Gasteiger charge is 2.21. The summed E-state index contributed by atoms with van der Waals surface area (Å²) in [4.78, 5) is 26.1. The van der Waals surface area contributed by atoms with E-state index in [9.17, 15) is 13.6 Å². The van der Waals surface area contributed by atoms with E-state index in [1.54, 1.807) is 73.1 Å². The number of ether oxygens (including phenoxy) is 2. The number of rotatable bonds is 11. The Morgan fingerprint density at radius 3 is 2.31 bits per heavy atom. The van der Waals surface area contributed by atoms with Crippen molar-refractivity contribution in [1.82, 2.24) is 15.0 Å². The number of para-hydroxylation sites is 2. The molecule has 1 unspecified atom stereocenters. The lowest BCUT2D eigenvalue weighted by molar-refractivity contribution is -0.116. The maximum Gasteiger partial charge on any atom is 0.224 e. The third kappa shape index (κ3) is 6.79. The Balaban J connectivity index is 1.49. The number of aryl methyl sites for hydroxylation is 1. The van der Waals surface area contributed by atoms with Gasteiger partial charge in [-0.25, -0.2) is 9.97 Å². The van der Waals surface area contributed by atoms with Crippen LogP contribution < -0.4 is 24.4 Å². The number of pyridine rings is 1. The predicted octanol–water partition coefficient (Wildman–Crippen LogP) is 5.29. The number of benzene rings is 3. The van der Waals surface area contributed by atoms with Gasteiger partial charge in [0.1, 0.15) is 11.5 Å². The van der Waals surface area contributed by atoms with Crippen molar-refractivity contribution in [1.29, 1.82) is 0 Å². The van der Waals surface area contributed by atoms with Gasteiger partial charge in [0.2, 0.25) is 5.91 Å². The summed E-state index contributed by atoms with van der Waals surface area (Å²) in [5.74, 6) is 1.06. The van der Waals surface area contributed by atoms with Gasteiger partial charge in [0.15, 0.2) is 11.6 Å². The third-order valence-corrected chi connectivity index (χ3v) is 6.92. The Kier molecular flexibility index (Phi) is 8.85. The van der Waals surface area contributed by atoms with E-state index >= 15 is 0 Å². The second-order valence-corrected chi connectivity index (χ2v) is 9.88. The number of aromatic nitrogens is 3. The first-order valence-corrected chi connectivity index (χ1v) is 13.9. The minimum absolute atomic E-state index is 0.0314. The fraction of sp³-hybridized carbons (Fsp3) is 0.133. The van der Waals surface area contributed by atoms with Crippen LogP contribution in [0.3, 0.4) is 0 Å². The van der Waals surface area contributed by atoms with E-state index in [0.717, 1.165) is 9.87 Å². The van der Waals surface area contributed by atoms with Gasteiger partial charge in [-0.05, 0) is 48.4 Å². The molecular formula is C30H27N6O5S-. The molecule has 0 aliphatic heterocycles. The molecule has 42 heavy (non-hydrogen) atoms. The van der Waals surface area contributed by atoms with Gasteiger partial charge in [0.25, 0.3) is 0 Å². The zero-order chi connectivity index (χ0) is 29.5. The van der Waals surface area contributed by atoms with E-state index in [2.05, 4.69) is 25.6 Å². The molecule has 2 aromatic heterocycles. The van der Waals surface area contributed by atoms with Crippen LogP contribution in [0.25, 0.3) is 11.0 Å². The number of fused-ring (bicyclic) bond motifs is 1. The average molecular weight is 584 g/mol. The standard InChI is InChI=1S/C30H28N6O5S/c1-40-24-16-22(17-25(18-24)41-2)33-29-30(35-27-11-4-3-10-26(27)34-29)36(42(38)39)23-9-5-8-21(15-23)32-28(37)13-12-20-7-6-14-31-19-20/h3-11,14-19H,12-13H2,1-2H3,(H,32,37)(H,33,34)(H,38,39)/p-1. The molecule has 2 heterocycles. The molecule has 0 bridgehead atoms. The molecule has 0 saturated heterocycles. The molecule has 0 fully saturated rings. The second-order valence-electron chi connectivity index (χ2n) is 9.08. The summed E-state index contributed by atoms with van der Waals surface area (Å²) in [7, 11) is 3.07. The summed E-state index contributed by atoms with van der Waals surface area (Å²) in [6, 6.07) is 22.5. The molecule has 0 aliphatic rings. The van der Waals surface area contributed by atoms with Crippen LogP contribution in [0, 0.1) is 0 Å². The van der Waals surface area contributed by atoms with Gasteiger partial charge >= 0.3 is 0 Å². The Labute approximate surface area is 245 Å². The average Bonchev–Trinajstić information content (AvgIpc) is 3.00. The van der Waals surface area contributed by atoms with Crippen molar-refractivity contribution in [3.05, 3.63) is 96.8 Å². The minimum atomic E-state index is -2.81. The number of carbonyl (C=O) groups excluding carboxylic acids is 1. The van der Waals surface area contributed by atoms with Crippen LogP contribution in [-0.4, -0.2) is 43.8 Å². The first-order valence-electron chi connectivity index (χ1n) is 12.9. The number of anilines is 5. The van der Waals surface area contributed by atoms with Crippen molar-refractivity contribution in [2.24, 2.45) is 0 Å². The smallest absolute Gasteiger partial charge is 0.224 e. The highest BCUT2D eigenvalue weighted by Crippen LogP contribution is 2.36. The Bertz CT molecular complexity index is 1710. The molecule has 11 nitrogen and oxygen atoms in total. The van der Waals surface area contributed by atoms with Gasteiger partial charge in [0.05, 0.1) is 42.2 Å². The van der Waals surface area contributed by atoms with Gasteiger partial charge in [0, 0.05) is 48.4 Å². The summed E-state index contributed by atoms with van der Waals surface area (Å²) in [6.07, 6.45) is 4.15. The number of nitrogens with zero attached hydrogens (tertiary/aromatic N) is 4. The summed E-state index contributed by atoms with van der Waals surface area (Å²) in [6.45, 7) is 0. The van der Waals surface area contributed by atoms with Gasteiger partial charge in [-0.2, -0.15) is 0 Å². The van der Waals surface area contributed by atoms with E-state index in [1.165, 1.54) is 14.2 Å². The number of methoxy groups -OCH3 is 2. The van der Waals surface area contributed by atoms with Gasteiger partial charge in [-0.1, -0.05) is 24.3 Å². The predicted molar refractivity (Wildman–Crippen MR) is 161 cm³/mol. The molecule has 214 valence electrons. The molecule has 1 amide bonds. The van der Waals surface area contributed by atoms with Crippen LogP contribution in [0.2, 0.25) is 0 Å². The summed E-state index contributed by atoms with van der Waals surface area (Å²) < 4.78 is 37.2. The van der Waals surface area contributed by atoms with E-state index < -0.39 is 11.3 Å². The lowest BCUT2D eigenvalue weighted by Crippen LogP contribution is -2.23. The maximum atomic E-state index is 12.7. The SMILES string of the molecule is COc1cc(Nc2nc3ccccc3nc2N(c2cccc(NC(=O)CCc3cccnc3)c2)S(=O)[O-])cc(OC)c1. The van der Waals surface area contributed by atoms with Gasteiger partial charge < -0.3 is 24.7 Å². The lowest BCUT2D eigenvalue weighted by atomic mass is 10.1. The summed E-state index contributed by atoms with van der Waals surface area (Å²) >= 11 is -2.81. The zero-order valence-corrected chi connectivity index (χ0v) is 23.6. The normalized spacial score (nSPS) is 11.5. The highest BCUT2D eigenvalue weighted by molar-refractivity contribution is 7.81. The van der Waals surface area contributed by atoms with E-state index in [1.807, 2.05) is 18.2 Å². The van der Waals surface area contributed by atoms with E-state index in [-0.39, 0.29) is 29.7 Å². The molecule has 0 saturated carbocycles. The molecule has 5 aromatic rings. The van der Waals surface area contributed by atoms with Crippen molar-refractivity contribution in [2.45, 2.75) is 12.8 Å². The highest BCUT2D eigenvalue weighted by atomic mass is 32.2.